The highest BCUT2D eigenvalue weighted by molar-refractivity contribution is 5.98. The van der Waals surface area contributed by atoms with Crippen molar-refractivity contribution in [3.05, 3.63) is 69.8 Å². The van der Waals surface area contributed by atoms with Gasteiger partial charge in [0.1, 0.15) is 6.04 Å². The zero-order valence-electron chi connectivity index (χ0n) is 18.1. The van der Waals surface area contributed by atoms with Gasteiger partial charge in [-0.15, -0.1) is 0 Å². The summed E-state index contributed by atoms with van der Waals surface area (Å²) < 4.78 is 0. The maximum absolute atomic E-state index is 13.2. The number of nitrogens with one attached hydrogen (secondary N) is 1. The smallest absolute Gasteiger partial charge is 0.269 e. The van der Waals surface area contributed by atoms with Crippen LogP contribution in [-0.4, -0.2) is 53.9 Å². The Hall–Kier alpha value is -3.42. The third-order valence-electron chi connectivity index (χ3n) is 5.63. The number of nitro benzene ring substituents is 1. The summed E-state index contributed by atoms with van der Waals surface area (Å²) in [4.78, 5) is 40.2. The summed E-state index contributed by atoms with van der Waals surface area (Å²) in [5.41, 5.74) is 2.39. The van der Waals surface area contributed by atoms with Gasteiger partial charge in [0.05, 0.1) is 4.92 Å². The number of amides is 2. The molecule has 2 amide bonds. The SMILES string of the molecule is Cc1ccccc1C(=O)NC(C(=O)N1CCN(c2ccc([N+](=O)[O-])cc2)CC1)C(C)C. The van der Waals surface area contributed by atoms with Gasteiger partial charge in [-0.2, -0.15) is 0 Å². The van der Waals surface area contributed by atoms with Crippen LogP contribution in [0.5, 0.6) is 0 Å². The number of anilines is 1. The molecule has 0 radical (unpaired) electrons. The molecule has 1 aliphatic rings. The van der Waals surface area contributed by atoms with E-state index in [-0.39, 0.29) is 23.4 Å². The fraction of sp³-hybridized carbons (Fsp3) is 0.391. The predicted octanol–water partition coefficient (Wildman–Crippen LogP) is 3.01. The quantitative estimate of drug-likeness (QED) is 0.568. The summed E-state index contributed by atoms with van der Waals surface area (Å²) in [5.74, 6) is -0.372. The first kappa shape index (κ1) is 22.3. The molecule has 164 valence electrons. The molecule has 0 spiro atoms. The molecule has 0 saturated carbocycles. The molecule has 1 atom stereocenters. The Labute approximate surface area is 182 Å². The van der Waals surface area contributed by atoms with Gasteiger partial charge in [-0.3, -0.25) is 19.7 Å². The zero-order chi connectivity index (χ0) is 22.5. The normalized spacial score (nSPS) is 15.0. The van der Waals surface area contributed by atoms with Crippen LogP contribution in [0.15, 0.2) is 48.5 Å². The van der Waals surface area contributed by atoms with Crippen molar-refractivity contribution < 1.29 is 14.5 Å². The highest BCUT2D eigenvalue weighted by Crippen LogP contribution is 2.21. The minimum Gasteiger partial charge on any atom is -0.368 e. The molecule has 1 fully saturated rings. The van der Waals surface area contributed by atoms with Gasteiger partial charge in [-0.05, 0) is 36.6 Å². The molecule has 0 bridgehead atoms. The minimum absolute atomic E-state index is 0.0480. The number of benzene rings is 2. The summed E-state index contributed by atoms with van der Waals surface area (Å²) in [6.07, 6.45) is 0. The lowest BCUT2D eigenvalue weighted by molar-refractivity contribution is -0.384. The van der Waals surface area contributed by atoms with Crippen LogP contribution in [-0.2, 0) is 4.79 Å². The molecular weight excluding hydrogens is 396 g/mol. The summed E-state index contributed by atoms with van der Waals surface area (Å²) in [5, 5.41) is 13.8. The first-order valence-electron chi connectivity index (χ1n) is 10.4. The molecule has 1 heterocycles. The number of hydrogen-bond donors (Lipinski definition) is 1. The minimum atomic E-state index is -0.599. The van der Waals surface area contributed by atoms with Crippen LogP contribution >= 0.6 is 0 Å². The number of carbonyl (C=O) groups is 2. The number of aryl methyl sites for hydroxylation is 1. The van der Waals surface area contributed by atoms with Crippen molar-refractivity contribution in [1.29, 1.82) is 0 Å². The summed E-state index contributed by atoms with van der Waals surface area (Å²) >= 11 is 0. The molecule has 1 unspecified atom stereocenters. The molecule has 0 aliphatic carbocycles. The molecule has 2 aromatic rings. The van der Waals surface area contributed by atoms with E-state index in [1.54, 1.807) is 23.1 Å². The van der Waals surface area contributed by atoms with Gasteiger partial charge in [-0.1, -0.05) is 32.0 Å². The maximum atomic E-state index is 13.2. The van der Waals surface area contributed by atoms with Gasteiger partial charge in [0.25, 0.3) is 11.6 Å². The predicted molar refractivity (Wildman–Crippen MR) is 119 cm³/mol. The van der Waals surface area contributed by atoms with E-state index < -0.39 is 11.0 Å². The van der Waals surface area contributed by atoms with Crippen LogP contribution in [0.1, 0.15) is 29.8 Å². The summed E-state index contributed by atoms with van der Waals surface area (Å²) in [6.45, 7) is 8.03. The van der Waals surface area contributed by atoms with Gasteiger partial charge >= 0.3 is 0 Å². The lowest BCUT2D eigenvalue weighted by Gasteiger charge is -2.38. The molecular formula is C23H28N4O4. The molecule has 31 heavy (non-hydrogen) atoms. The number of piperazine rings is 1. The van der Waals surface area contributed by atoms with Crippen LogP contribution in [0.4, 0.5) is 11.4 Å². The first-order chi connectivity index (χ1) is 14.8. The molecule has 1 saturated heterocycles. The molecule has 1 N–H and O–H groups in total. The van der Waals surface area contributed by atoms with Gasteiger partial charge in [-0.25, -0.2) is 0 Å². The van der Waals surface area contributed by atoms with Crippen molar-refractivity contribution in [2.75, 3.05) is 31.1 Å². The Balaban J connectivity index is 1.62. The molecule has 1 aliphatic heterocycles. The highest BCUT2D eigenvalue weighted by atomic mass is 16.6. The summed E-state index contributed by atoms with van der Waals surface area (Å²) in [7, 11) is 0. The maximum Gasteiger partial charge on any atom is 0.269 e. The van der Waals surface area contributed by atoms with Crippen molar-refractivity contribution in [2.24, 2.45) is 5.92 Å². The molecule has 8 heteroatoms. The van der Waals surface area contributed by atoms with Crippen LogP contribution in [0, 0.1) is 23.0 Å². The number of rotatable bonds is 6. The fourth-order valence-corrected chi connectivity index (χ4v) is 3.73. The molecule has 3 rings (SSSR count). The van der Waals surface area contributed by atoms with E-state index in [4.69, 9.17) is 0 Å². The third kappa shape index (κ3) is 5.20. The van der Waals surface area contributed by atoms with Gasteiger partial charge in [0, 0.05) is 49.6 Å². The second kappa shape index (κ2) is 9.59. The molecule has 8 nitrogen and oxygen atoms in total. The van der Waals surface area contributed by atoms with Gasteiger partial charge < -0.3 is 15.1 Å². The van der Waals surface area contributed by atoms with E-state index in [9.17, 15) is 19.7 Å². The van der Waals surface area contributed by atoms with Gasteiger partial charge in [0.15, 0.2) is 0 Å². The number of hydrogen-bond acceptors (Lipinski definition) is 5. The first-order valence-corrected chi connectivity index (χ1v) is 10.4. The van der Waals surface area contributed by atoms with E-state index in [2.05, 4.69) is 10.2 Å². The average Bonchev–Trinajstić information content (AvgIpc) is 2.77. The Morgan fingerprint density at radius 1 is 1.00 bits per heavy atom. The number of non-ortho nitro benzene ring substituents is 1. The number of nitro groups is 1. The highest BCUT2D eigenvalue weighted by Gasteiger charge is 2.31. The largest absolute Gasteiger partial charge is 0.368 e. The molecule has 0 aromatic heterocycles. The van der Waals surface area contributed by atoms with Gasteiger partial charge in [0.2, 0.25) is 5.91 Å². The van der Waals surface area contributed by atoms with Crippen molar-refractivity contribution in [1.82, 2.24) is 10.2 Å². The topological polar surface area (TPSA) is 95.8 Å². The Morgan fingerprint density at radius 3 is 2.16 bits per heavy atom. The lowest BCUT2D eigenvalue weighted by atomic mass is 10.0. The fourth-order valence-electron chi connectivity index (χ4n) is 3.73. The van der Waals surface area contributed by atoms with E-state index in [1.165, 1.54) is 12.1 Å². The summed E-state index contributed by atoms with van der Waals surface area (Å²) in [6, 6.07) is 13.2. The zero-order valence-corrected chi connectivity index (χ0v) is 18.1. The van der Waals surface area contributed by atoms with Crippen molar-refractivity contribution in [2.45, 2.75) is 26.8 Å². The lowest BCUT2D eigenvalue weighted by Crippen LogP contribution is -2.56. The standard InChI is InChI=1S/C23H28N4O4/c1-16(2)21(24-22(28)20-7-5-4-6-17(20)3)23(29)26-14-12-25(13-15-26)18-8-10-19(11-9-18)27(30)31/h4-11,16,21H,12-15H2,1-3H3,(H,24,28). The second-order valence-electron chi connectivity index (χ2n) is 8.10. The third-order valence-corrected chi connectivity index (χ3v) is 5.63. The van der Waals surface area contributed by atoms with Crippen LogP contribution in [0.2, 0.25) is 0 Å². The Bertz CT molecular complexity index is 950. The molecule has 2 aromatic carbocycles. The number of nitrogens with zero attached hydrogens (tertiary/aromatic N) is 3. The van der Waals surface area contributed by atoms with Crippen molar-refractivity contribution in [3.63, 3.8) is 0 Å². The van der Waals surface area contributed by atoms with E-state index >= 15 is 0 Å². The van der Waals surface area contributed by atoms with Crippen molar-refractivity contribution in [3.8, 4) is 0 Å². The van der Waals surface area contributed by atoms with E-state index in [1.807, 2.05) is 39.0 Å². The van der Waals surface area contributed by atoms with Crippen LogP contribution < -0.4 is 10.2 Å². The Morgan fingerprint density at radius 2 is 1.61 bits per heavy atom. The van der Waals surface area contributed by atoms with Crippen molar-refractivity contribution >= 4 is 23.2 Å². The average molecular weight is 425 g/mol. The number of carbonyl (C=O) groups excluding carboxylic acids is 2. The van der Waals surface area contributed by atoms with E-state index in [0.29, 0.717) is 31.7 Å². The second-order valence-corrected chi connectivity index (χ2v) is 8.10. The van der Waals surface area contributed by atoms with E-state index in [0.717, 1.165) is 11.3 Å². The van der Waals surface area contributed by atoms with Crippen LogP contribution in [0.25, 0.3) is 0 Å². The monoisotopic (exact) mass is 424 g/mol. The Kier molecular flexibility index (Phi) is 6.89. The van der Waals surface area contributed by atoms with Crippen LogP contribution in [0.3, 0.4) is 0 Å².